The smallest absolute Gasteiger partial charge is 0.321 e. The molecule has 2 saturated heterocycles. The Morgan fingerprint density at radius 1 is 0.750 bits per heavy atom. The molecule has 32 heavy (non-hydrogen) atoms. The molecule has 3 N–H and O–H groups in total. The van der Waals surface area contributed by atoms with Gasteiger partial charge in [-0.2, -0.15) is 0 Å². The lowest BCUT2D eigenvalue weighted by Gasteiger charge is -2.31. The van der Waals surface area contributed by atoms with Crippen LogP contribution in [0.4, 0.5) is 21.9 Å². The lowest BCUT2D eigenvalue weighted by molar-refractivity contribution is -0.124. The number of carbonyl (C=O) groups is 3. The van der Waals surface area contributed by atoms with E-state index in [-0.39, 0.29) is 29.9 Å². The SMILES string of the molecule is O=C(Nc1ccc(NC(=O)C2CCCO2)cc1)C1CCN(C(=O)Nc2ccccc2)CC1. The number of amides is 4. The number of piperidine rings is 1. The first kappa shape index (κ1) is 21.8. The van der Waals surface area contributed by atoms with Gasteiger partial charge in [0.1, 0.15) is 6.10 Å². The summed E-state index contributed by atoms with van der Waals surface area (Å²) in [5.41, 5.74) is 2.10. The molecule has 0 bridgehead atoms. The van der Waals surface area contributed by atoms with E-state index in [9.17, 15) is 14.4 Å². The molecular weight excluding hydrogens is 408 g/mol. The van der Waals surface area contributed by atoms with E-state index in [0.29, 0.717) is 43.9 Å². The van der Waals surface area contributed by atoms with Crippen molar-refractivity contribution in [3.63, 3.8) is 0 Å². The highest BCUT2D eigenvalue weighted by atomic mass is 16.5. The normalized spacial score (nSPS) is 18.8. The zero-order valence-electron chi connectivity index (χ0n) is 17.9. The summed E-state index contributed by atoms with van der Waals surface area (Å²) in [4.78, 5) is 38.9. The first-order valence-electron chi connectivity index (χ1n) is 11.0. The van der Waals surface area contributed by atoms with Crippen LogP contribution in [0.3, 0.4) is 0 Å². The molecule has 2 heterocycles. The monoisotopic (exact) mass is 436 g/mol. The van der Waals surface area contributed by atoms with E-state index < -0.39 is 0 Å². The van der Waals surface area contributed by atoms with Crippen molar-refractivity contribution < 1.29 is 19.1 Å². The Morgan fingerprint density at radius 3 is 1.94 bits per heavy atom. The molecule has 8 nitrogen and oxygen atoms in total. The van der Waals surface area contributed by atoms with Crippen molar-refractivity contribution >= 4 is 34.9 Å². The summed E-state index contributed by atoms with van der Waals surface area (Å²) in [5, 5.41) is 8.66. The predicted molar refractivity (Wildman–Crippen MR) is 122 cm³/mol. The maximum Gasteiger partial charge on any atom is 0.321 e. The van der Waals surface area contributed by atoms with Crippen LogP contribution in [-0.4, -0.2) is 48.5 Å². The molecule has 2 aliphatic rings. The molecule has 8 heteroatoms. The number of benzene rings is 2. The van der Waals surface area contributed by atoms with Crippen LogP contribution in [0.25, 0.3) is 0 Å². The van der Waals surface area contributed by atoms with Crippen LogP contribution in [-0.2, 0) is 14.3 Å². The van der Waals surface area contributed by atoms with Gasteiger partial charge in [0, 0.05) is 42.7 Å². The van der Waals surface area contributed by atoms with Crippen LogP contribution in [0.5, 0.6) is 0 Å². The summed E-state index contributed by atoms with van der Waals surface area (Å²) < 4.78 is 5.38. The van der Waals surface area contributed by atoms with Gasteiger partial charge in [0.2, 0.25) is 5.91 Å². The van der Waals surface area contributed by atoms with E-state index >= 15 is 0 Å². The number of nitrogens with zero attached hydrogens (tertiary/aromatic N) is 1. The summed E-state index contributed by atoms with van der Waals surface area (Å²) in [5.74, 6) is -0.332. The number of carbonyl (C=O) groups excluding carboxylic acids is 3. The fourth-order valence-corrected chi connectivity index (χ4v) is 3.96. The molecule has 0 aromatic heterocycles. The number of ether oxygens (including phenoxy) is 1. The molecule has 0 saturated carbocycles. The summed E-state index contributed by atoms with van der Waals surface area (Å²) in [7, 11) is 0. The first-order chi connectivity index (χ1) is 15.6. The summed E-state index contributed by atoms with van der Waals surface area (Å²) in [6.45, 7) is 1.69. The minimum atomic E-state index is -0.380. The standard InChI is InChI=1S/C24H28N4O4/c29-22(17-12-14-28(15-13-17)24(31)27-18-5-2-1-3-6-18)25-19-8-10-20(11-9-19)26-23(30)21-7-4-16-32-21/h1-3,5-6,8-11,17,21H,4,7,12-16H2,(H,25,29)(H,26,30)(H,27,31). The molecule has 1 atom stereocenters. The largest absolute Gasteiger partial charge is 0.368 e. The van der Waals surface area contributed by atoms with Gasteiger partial charge >= 0.3 is 6.03 Å². The van der Waals surface area contributed by atoms with Gasteiger partial charge in [0.05, 0.1) is 0 Å². The van der Waals surface area contributed by atoms with Gasteiger partial charge < -0.3 is 25.6 Å². The van der Waals surface area contributed by atoms with Crippen LogP contribution in [0.1, 0.15) is 25.7 Å². The minimum absolute atomic E-state index is 0.0516. The van der Waals surface area contributed by atoms with Crippen molar-refractivity contribution in [2.75, 3.05) is 35.6 Å². The third kappa shape index (κ3) is 5.64. The average molecular weight is 437 g/mol. The number of urea groups is 1. The van der Waals surface area contributed by atoms with Gasteiger partial charge in [-0.15, -0.1) is 0 Å². The first-order valence-corrected chi connectivity index (χ1v) is 11.0. The molecule has 2 aromatic carbocycles. The van der Waals surface area contributed by atoms with E-state index in [1.807, 2.05) is 30.3 Å². The zero-order chi connectivity index (χ0) is 22.3. The lowest BCUT2D eigenvalue weighted by atomic mass is 9.96. The van der Waals surface area contributed by atoms with Gasteiger partial charge in [0.25, 0.3) is 5.91 Å². The third-order valence-electron chi connectivity index (χ3n) is 5.82. The van der Waals surface area contributed by atoms with Gasteiger partial charge in [0.15, 0.2) is 0 Å². The van der Waals surface area contributed by atoms with E-state index in [0.717, 1.165) is 18.5 Å². The molecule has 4 amide bonds. The van der Waals surface area contributed by atoms with E-state index in [2.05, 4.69) is 16.0 Å². The second-order valence-electron chi connectivity index (χ2n) is 8.12. The van der Waals surface area contributed by atoms with Crippen molar-refractivity contribution in [2.24, 2.45) is 5.92 Å². The Hall–Kier alpha value is -3.39. The number of hydrogen-bond acceptors (Lipinski definition) is 4. The maximum atomic E-state index is 12.7. The highest BCUT2D eigenvalue weighted by Crippen LogP contribution is 2.22. The number of rotatable bonds is 5. The molecule has 2 fully saturated rings. The highest BCUT2D eigenvalue weighted by Gasteiger charge is 2.27. The second kappa shape index (κ2) is 10.3. The van der Waals surface area contributed by atoms with Crippen LogP contribution in [0.2, 0.25) is 0 Å². The van der Waals surface area contributed by atoms with Crippen LogP contribution in [0, 0.1) is 5.92 Å². The van der Waals surface area contributed by atoms with Crippen LogP contribution < -0.4 is 16.0 Å². The molecule has 2 aliphatic heterocycles. The van der Waals surface area contributed by atoms with E-state index in [4.69, 9.17) is 4.74 Å². The van der Waals surface area contributed by atoms with Gasteiger partial charge in [-0.3, -0.25) is 9.59 Å². The minimum Gasteiger partial charge on any atom is -0.368 e. The third-order valence-corrected chi connectivity index (χ3v) is 5.82. The number of anilines is 3. The molecular formula is C24H28N4O4. The van der Waals surface area contributed by atoms with Gasteiger partial charge in [-0.25, -0.2) is 4.79 Å². The quantitative estimate of drug-likeness (QED) is 0.666. The maximum absolute atomic E-state index is 12.7. The zero-order valence-corrected chi connectivity index (χ0v) is 17.9. The number of para-hydroxylation sites is 1. The van der Waals surface area contributed by atoms with Gasteiger partial charge in [-0.1, -0.05) is 18.2 Å². The second-order valence-corrected chi connectivity index (χ2v) is 8.12. The van der Waals surface area contributed by atoms with E-state index in [1.165, 1.54) is 0 Å². The molecule has 0 spiro atoms. The van der Waals surface area contributed by atoms with E-state index in [1.54, 1.807) is 29.2 Å². The molecule has 0 aliphatic carbocycles. The number of nitrogens with one attached hydrogen (secondary N) is 3. The van der Waals surface area contributed by atoms with Crippen LogP contribution in [0.15, 0.2) is 54.6 Å². The molecule has 2 aromatic rings. The Labute approximate surface area is 187 Å². The Kier molecular flexibility index (Phi) is 7.01. The van der Waals surface area contributed by atoms with Crippen molar-refractivity contribution in [3.05, 3.63) is 54.6 Å². The summed E-state index contributed by atoms with van der Waals surface area (Å²) >= 11 is 0. The fourth-order valence-electron chi connectivity index (χ4n) is 3.96. The van der Waals surface area contributed by atoms with Crippen molar-refractivity contribution in [1.82, 2.24) is 4.90 Å². The Morgan fingerprint density at radius 2 is 1.34 bits per heavy atom. The summed E-state index contributed by atoms with van der Waals surface area (Å²) in [6, 6.07) is 16.3. The Balaban J connectivity index is 1.22. The predicted octanol–water partition coefficient (Wildman–Crippen LogP) is 3.69. The van der Waals surface area contributed by atoms with Gasteiger partial charge in [-0.05, 0) is 62.1 Å². The Bertz CT molecular complexity index is 934. The molecule has 4 rings (SSSR count). The average Bonchev–Trinajstić information content (AvgIpc) is 3.36. The van der Waals surface area contributed by atoms with Crippen molar-refractivity contribution in [2.45, 2.75) is 31.8 Å². The molecule has 1 unspecified atom stereocenters. The number of likely N-dealkylation sites (tertiary alicyclic amines) is 1. The molecule has 0 radical (unpaired) electrons. The lowest BCUT2D eigenvalue weighted by Crippen LogP contribution is -2.43. The number of hydrogen-bond donors (Lipinski definition) is 3. The summed E-state index contributed by atoms with van der Waals surface area (Å²) in [6.07, 6.45) is 2.49. The highest BCUT2D eigenvalue weighted by molar-refractivity contribution is 5.96. The van der Waals surface area contributed by atoms with Crippen LogP contribution >= 0.6 is 0 Å². The topological polar surface area (TPSA) is 99.8 Å². The van der Waals surface area contributed by atoms with Crippen molar-refractivity contribution in [3.8, 4) is 0 Å². The fraction of sp³-hybridized carbons (Fsp3) is 0.375. The van der Waals surface area contributed by atoms with Crippen molar-refractivity contribution in [1.29, 1.82) is 0 Å². The molecule has 168 valence electrons.